The fraction of sp³-hybridized carbons (Fsp3) is 0.125. The number of nitrogen functional groups attached to an aromatic ring is 2. The van der Waals surface area contributed by atoms with Gasteiger partial charge in [-0.05, 0) is 98.5 Å². The number of hydrogen-bond acceptors (Lipinski definition) is 8. The summed E-state index contributed by atoms with van der Waals surface area (Å²) in [6.07, 6.45) is 2.89. The molecule has 11 heteroatoms. The third-order valence-corrected chi connectivity index (χ3v) is 6.85. The lowest BCUT2D eigenvalue weighted by Gasteiger charge is -2.10. The molecule has 0 aliphatic heterocycles. The maximum absolute atomic E-state index is 13.8. The van der Waals surface area contributed by atoms with Crippen molar-refractivity contribution in [1.29, 1.82) is 0 Å². The summed E-state index contributed by atoms with van der Waals surface area (Å²) >= 11 is 5.93. The van der Waals surface area contributed by atoms with Gasteiger partial charge >= 0.3 is 0 Å². The van der Waals surface area contributed by atoms with E-state index in [0.29, 0.717) is 22.4 Å². The van der Waals surface area contributed by atoms with Crippen LogP contribution in [0.25, 0.3) is 21.8 Å². The molecule has 4 aromatic carbocycles. The monoisotopic (exact) mass is 602 g/mol. The Morgan fingerprint density at radius 2 is 1.16 bits per heavy atom. The largest absolute Gasteiger partial charge is 0.505 e. The maximum Gasteiger partial charge on any atom is 0.230 e. The minimum absolute atomic E-state index is 0.0856. The molecule has 0 radical (unpaired) electrons. The van der Waals surface area contributed by atoms with Crippen molar-refractivity contribution in [3.63, 3.8) is 0 Å². The van der Waals surface area contributed by atoms with Gasteiger partial charge in [0.15, 0.2) is 23.1 Å². The quantitative estimate of drug-likeness (QED) is 0.104. The number of nitrogens with two attached hydrogens (primary N) is 2. The highest BCUT2D eigenvalue weighted by molar-refractivity contribution is 6.34. The Hall–Kier alpha value is -5.09. The van der Waals surface area contributed by atoms with E-state index in [1.165, 1.54) is 48.0 Å². The molecule has 0 aliphatic carbocycles. The molecule has 2 aromatic heterocycles. The van der Waals surface area contributed by atoms with Crippen LogP contribution in [0, 0.1) is 39.3 Å². The molecule has 0 bridgehead atoms. The SMILES string of the molecule is Cc1cc2ncnc(Cl)c2cc1C.Cc1cc2ncnc(Oc3ccc(N)cc3F)c2cc1C.Nc1ccc(O)c(F)c1. The first-order valence-corrected chi connectivity index (χ1v) is 13.4. The molecule has 0 spiro atoms. The van der Waals surface area contributed by atoms with Crippen LogP contribution >= 0.6 is 11.6 Å². The van der Waals surface area contributed by atoms with E-state index in [-0.39, 0.29) is 11.5 Å². The van der Waals surface area contributed by atoms with Crippen LogP contribution in [0.2, 0.25) is 5.15 Å². The average Bonchev–Trinajstić information content (AvgIpc) is 2.95. The number of hydrogen-bond donors (Lipinski definition) is 3. The summed E-state index contributed by atoms with van der Waals surface area (Å²) in [7, 11) is 0. The number of fused-ring (bicyclic) bond motifs is 2. The van der Waals surface area contributed by atoms with Gasteiger partial charge in [0.25, 0.3) is 0 Å². The van der Waals surface area contributed by atoms with Crippen LogP contribution < -0.4 is 16.2 Å². The number of phenolic OH excluding ortho intramolecular Hbond substituents is 1. The highest BCUT2D eigenvalue weighted by Gasteiger charge is 2.11. The van der Waals surface area contributed by atoms with E-state index in [0.717, 1.165) is 39.0 Å². The Kier molecular flexibility index (Phi) is 9.52. The molecule has 6 rings (SSSR count). The van der Waals surface area contributed by atoms with Gasteiger partial charge < -0.3 is 21.3 Å². The van der Waals surface area contributed by atoms with E-state index in [2.05, 4.69) is 33.8 Å². The van der Waals surface area contributed by atoms with Crippen LogP contribution in [0.5, 0.6) is 17.4 Å². The molecule has 2 heterocycles. The molecule has 0 saturated heterocycles. The highest BCUT2D eigenvalue weighted by Crippen LogP contribution is 2.30. The maximum atomic E-state index is 13.8. The smallest absolute Gasteiger partial charge is 0.230 e. The third-order valence-electron chi connectivity index (χ3n) is 6.55. The number of nitrogens with zero attached hydrogens (tertiary/aromatic N) is 4. The lowest BCUT2D eigenvalue weighted by atomic mass is 10.1. The third kappa shape index (κ3) is 7.60. The zero-order chi connectivity index (χ0) is 31.3. The van der Waals surface area contributed by atoms with Crippen molar-refractivity contribution in [2.24, 2.45) is 0 Å². The molecule has 0 fully saturated rings. The summed E-state index contributed by atoms with van der Waals surface area (Å²) in [6, 6.07) is 15.9. The molecule has 220 valence electrons. The Morgan fingerprint density at radius 1 is 0.651 bits per heavy atom. The Morgan fingerprint density at radius 3 is 1.74 bits per heavy atom. The predicted octanol–water partition coefficient (Wildman–Crippen LogP) is 7.77. The molecule has 0 aliphatic rings. The fourth-order valence-corrected chi connectivity index (χ4v) is 4.08. The van der Waals surface area contributed by atoms with E-state index in [4.69, 9.17) is 32.9 Å². The zero-order valence-electron chi connectivity index (χ0n) is 23.9. The number of aromatic nitrogens is 4. The minimum atomic E-state index is -0.685. The molecule has 0 amide bonds. The number of phenols is 1. The van der Waals surface area contributed by atoms with Crippen molar-refractivity contribution in [1.82, 2.24) is 19.9 Å². The van der Waals surface area contributed by atoms with Gasteiger partial charge in [-0.2, -0.15) is 0 Å². The van der Waals surface area contributed by atoms with Crippen molar-refractivity contribution in [3.05, 3.63) is 112 Å². The number of anilines is 2. The van der Waals surface area contributed by atoms with E-state index < -0.39 is 11.6 Å². The van der Waals surface area contributed by atoms with Crippen molar-refractivity contribution < 1.29 is 18.6 Å². The molecule has 0 saturated carbocycles. The van der Waals surface area contributed by atoms with Gasteiger partial charge in [-0.1, -0.05) is 11.6 Å². The summed E-state index contributed by atoms with van der Waals surface area (Å²) in [5, 5.41) is 10.8. The first-order valence-electron chi connectivity index (χ1n) is 13.0. The lowest BCUT2D eigenvalue weighted by molar-refractivity contribution is 0.432. The van der Waals surface area contributed by atoms with Crippen molar-refractivity contribution in [3.8, 4) is 17.4 Å². The Balaban J connectivity index is 0.000000163. The van der Waals surface area contributed by atoms with Crippen LogP contribution in [0.15, 0.2) is 73.3 Å². The van der Waals surface area contributed by atoms with Gasteiger partial charge in [-0.25, -0.2) is 28.7 Å². The van der Waals surface area contributed by atoms with Crippen LogP contribution in [-0.4, -0.2) is 25.0 Å². The highest BCUT2D eigenvalue weighted by atomic mass is 35.5. The Bertz CT molecular complexity index is 1940. The van der Waals surface area contributed by atoms with Gasteiger partial charge in [-0.3, -0.25) is 0 Å². The molecule has 0 atom stereocenters. The molecule has 5 N–H and O–H groups in total. The number of benzene rings is 4. The average molecular weight is 603 g/mol. The van der Waals surface area contributed by atoms with E-state index >= 15 is 0 Å². The standard InChI is InChI=1S/C16H14FN3O.C10H9ClN2.C6H6FNO/c1-9-5-12-14(6-10(9)2)19-8-20-16(12)21-15-4-3-11(18)7-13(15)17;1-6-3-8-9(4-7(6)2)12-5-13-10(8)11;7-5-3-4(8)1-2-6(5)9/h3-8H,18H2,1-2H3;3-5H,1-2H3;1-3,9H,8H2. The number of halogens is 3. The number of aromatic hydroxyl groups is 1. The Labute approximate surface area is 252 Å². The summed E-state index contributed by atoms with van der Waals surface area (Å²) in [5.41, 5.74) is 17.7. The number of aryl methyl sites for hydroxylation is 4. The number of ether oxygens (including phenoxy) is 1. The van der Waals surface area contributed by atoms with Gasteiger partial charge in [0.1, 0.15) is 17.8 Å². The predicted molar refractivity (Wildman–Crippen MR) is 166 cm³/mol. The second kappa shape index (κ2) is 13.3. The van der Waals surface area contributed by atoms with Gasteiger partial charge in [0, 0.05) is 28.9 Å². The topological polar surface area (TPSA) is 133 Å². The zero-order valence-corrected chi connectivity index (χ0v) is 24.6. The van der Waals surface area contributed by atoms with Gasteiger partial charge in [0.2, 0.25) is 5.88 Å². The number of rotatable bonds is 2. The normalized spacial score (nSPS) is 10.5. The van der Waals surface area contributed by atoms with Crippen LogP contribution in [-0.2, 0) is 0 Å². The van der Waals surface area contributed by atoms with Crippen molar-refractivity contribution >= 4 is 44.8 Å². The minimum Gasteiger partial charge on any atom is -0.505 e. The summed E-state index contributed by atoms with van der Waals surface area (Å²) in [4.78, 5) is 16.4. The van der Waals surface area contributed by atoms with E-state index in [1.54, 1.807) is 6.07 Å². The van der Waals surface area contributed by atoms with Crippen molar-refractivity contribution in [2.75, 3.05) is 11.5 Å². The molecular weight excluding hydrogens is 574 g/mol. The van der Waals surface area contributed by atoms with E-state index in [9.17, 15) is 8.78 Å². The first-order chi connectivity index (χ1) is 20.4. The summed E-state index contributed by atoms with van der Waals surface area (Å²) in [5.74, 6) is -1.17. The van der Waals surface area contributed by atoms with Crippen molar-refractivity contribution in [2.45, 2.75) is 27.7 Å². The van der Waals surface area contributed by atoms with Crippen LogP contribution in [0.4, 0.5) is 20.2 Å². The summed E-state index contributed by atoms with van der Waals surface area (Å²) in [6.45, 7) is 8.12. The molecule has 6 aromatic rings. The summed E-state index contributed by atoms with van der Waals surface area (Å²) < 4.78 is 31.7. The fourth-order valence-electron chi connectivity index (χ4n) is 3.88. The van der Waals surface area contributed by atoms with E-state index in [1.807, 2.05) is 38.1 Å². The van der Waals surface area contributed by atoms with Crippen LogP contribution in [0.3, 0.4) is 0 Å². The van der Waals surface area contributed by atoms with Gasteiger partial charge in [0.05, 0.1) is 16.4 Å². The van der Waals surface area contributed by atoms with Crippen LogP contribution in [0.1, 0.15) is 22.3 Å². The molecule has 43 heavy (non-hydrogen) atoms. The lowest BCUT2D eigenvalue weighted by Crippen LogP contribution is -1.95. The second-order valence-electron chi connectivity index (χ2n) is 9.75. The first kappa shape index (κ1) is 30.9. The molecule has 0 unspecified atom stereocenters. The second-order valence-corrected chi connectivity index (χ2v) is 10.1. The molecular formula is C32H29ClF2N6O2. The van der Waals surface area contributed by atoms with Gasteiger partial charge in [-0.15, -0.1) is 0 Å². The molecule has 8 nitrogen and oxygen atoms in total.